The lowest BCUT2D eigenvalue weighted by Crippen LogP contribution is -2.42. The van der Waals surface area contributed by atoms with Gasteiger partial charge in [0.15, 0.2) is 0 Å². The molecule has 1 atom stereocenters. The van der Waals surface area contributed by atoms with E-state index in [1.54, 1.807) is 19.1 Å². The van der Waals surface area contributed by atoms with Crippen molar-refractivity contribution in [2.75, 3.05) is 20.2 Å². The molecular formula is C16H24N2O6S. The average molecular weight is 372 g/mol. The van der Waals surface area contributed by atoms with Crippen LogP contribution in [0.5, 0.6) is 11.5 Å². The number of carbonyl (C=O) groups is 1. The SMILES string of the molecule is CCNC(=O)N(C)S(=O)(=O)Oc1ccc2c(c1)C(C)(C)C(OCC)O2. The summed E-state index contributed by atoms with van der Waals surface area (Å²) in [6, 6.07) is 3.94. The predicted molar refractivity (Wildman–Crippen MR) is 91.9 cm³/mol. The summed E-state index contributed by atoms with van der Waals surface area (Å²) in [5, 5.41) is 2.40. The van der Waals surface area contributed by atoms with Crippen LogP contribution in [0.25, 0.3) is 0 Å². The molecule has 1 aromatic rings. The summed E-state index contributed by atoms with van der Waals surface area (Å²) >= 11 is 0. The van der Waals surface area contributed by atoms with Crippen LogP contribution in [0.15, 0.2) is 18.2 Å². The first-order valence-electron chi connectivity index (χ1n) is 8.02. The average Bonchev–Trinajstić information content (AvgIpc) is 2.78. The van der Waals surface area contributed by atoms with Crippen LogP contribution in [0.3, 0.4) is 0 Å². The molecule has 1 aliphatic heterocycles. The Morgan fingerprint density at radius 2 is 2.04 bits per heavy atom. The van der Waals surface area contributed by atoms with E-state index < -0.39 is 28.0 Å². The number of nitrogens with one attached hydrogen (secondary N) is 1. The second kappa shape index (κ2) is 7.09. The second-order valence-electron chi connectivity index (χ2n) is 6.13. The molecule has 0 aromatic heterocycles. The summed E-state index contributed by atoms with van der Waals surface area (Å²) in [5.74, 6) is 0.717. The van der Waals surface area contributed by atoms with Crippen molar-refractivity contribution in [2.24, 2.45) is 0 Å². The minimum absolute atomic E-state index is 0.101. The van der Waals surface area contributed by atoms with Crippen LogP contribution >= 0.6 is 0 Å². The zero-order valence-electron chi connectivity index (χ0n) is 15.0. The lowest BCUT2D eigenvalue weighted by atomic mass is 9.85. The second-order valence-corrected chi connectivity index (χ2v) is 7.70. The van der Waals surface area contributed by atoms with E-state index in [-0.39, 0.29) is 5.75 Å². The van der Waals surface area contributed by atoms with E-state index in [1.807, 2.05) is 20.8 Å². The number of benzene rings is 1. The summed E-state index contributed by atoms with van der Waals surface area (Å²) in [4.78, 5) is 11.7. The molecule has 0 radical (unpaired) electrons. The first kappa shape index (κ1) is 19.3. The minimum atomic E-state index is -4.26. The third-order valence-electron chi connectivity index (χ3n) is 3.94. The van der Waals surface area contributed by atoms with Crippen molar-refractivity contribution in [3.63, 3.8) is 0 Å². The largest absolute Gasteiger partial charge is 0.464 e. The molecule has 1 heterocycles. The molecule has 0 fully saturated rings. The molecular weight excluding hydrogens is 348 g/mol. The number of amides is 2. The van der Waals surface area contributed by atoms with Gasteiger partial charge in [-0.3, -0.25) is 0 Å². The lowest BCUT2D eigenvalue weighted by Gasteiger charge is -2.25. The van der Waals surface area contributed by atoms with E-state index in [4.69, 9.17) is 13.7 Å². The van der Waals surface area contributed by atoms with E-state index in [0.29, 0.717) is 23.2 Å². The molecule has 1 aromatic carbocycles. The van der Waals surface area contributed by atoms with Gasteiger partial charge in [0, 0.05) is 25.8 Å². The van der Waals surface area contributed by atoms with Gasteiger partial charge in [0.2, 0.25) is 6.29 Å². The molecule has 8 nitrogen and oxygen atoms in total. The van der Waals surface area contributed by atoms with Crippen LogP contribution in [0.2, 0.25) is 0 Å². The fourth-order valence-electron chi connectivity index (χ4n) is 2.49. The molecule has 9 heteroatoms. The third kappa shape index (κ3) is 3.82. The molecule has 1 unspecified atom stereocenters. The molecule has 0 bridgehead atoms. The summed E-state index contributed by atoms with van der Waals surface area (Å²) in [6.45, 7) is 8.26. The van der Waals surface area contributed by atoms with Gasteiger partial charge in [-0.2, -0.15) is 12.7 Å². The number of rotatable bonds is 6. The van der Waals surface area contributed by atoms with Crippen LogP contribution < -0.4 is 14.2 Å². The standard InChI is InChI=1S/C16H24N2O6S/c1-6-17-15(19)18(5)25(20,21)24-11-8-9-13-12(10-11)16(3,4)14(23-13)22-7-2/h8-10,14H,6-7H2,1-5H3,(H,17,19). The highest BCUT2D eigenvalue weighted by Gasteiger charge is 2.43. The van der Waals surface area contributed by atoms with Crippen molar-refractivity contribution in [3.05, 3.63) is 23.8 Å². The Bertz CT molecular complexity index is 747. The quantitative estimate of drug-likeness (QED) is 0.821. The summed E-state index contributed by atoms with van der Waals surface area (Å²) < 4.78 is 41.4. The monoisotopic (exact) mass is 372 g/mol. The number of urea groups is 1. The van der Waals surface area contributed by atoms with E-state index in [0.717, 1.165) is 12.6 Å². The van der Waals surface area contributed by atoms with Crippen LogP contribution in [-0.4, -0.2) is 45.2 Å². The van der Waals surface area contributed by atoms with E-state index in [9.17, 15) is 13.2 Å². The van der Waals surface area contributed by atoms with Crippen molar-refractivity contribution in [1.29, 1.82) is 0 Å². The lowest BCUT2D eigenvalue weighted by molar-refractivity contribution is -0.0981. The van der Waals surface area contributed by atoms with Gasteiger partial charge in [-0.05, 0) is 45.9 Å². The van der Waals surface area contributed by atoms with Crippen LogP contribution in [0, 0.1) is 0 Å². The Hall–Kier alpha value is -2.00. The zero-order valence-corrected chi connectivity index (χ0v) is 15.8. The highest BCUT2D eigenvalue weighted by molar-refractivity contribution is 7.85. The van der Waals surface area contributed by atoms with Crippen LogP contribution in [0.1, 0.15) is 33.3 Å². The number of nitrogens with zero attached hydrogens (tertiary/aromatic N) is 1. The highest BCUT2D eigenvalue weighted by Crippen LogP contribution is 2.44. The number of hydrogen-bond donors (Lipinski definition) is 1. The Balaban J connectivity index is 2.24. The highest BCUT2D eigenvalue weighted by atomic mass is 32.2. The van der Waals surface area contributed by atoms with Crippen molar-refractivity contribution in [3.8, 4) is 11.5 Å². The van der Waals surface area contributed by atoms with Gasteiger partial charge in [0.1, 0.15) is 11.5 Å². The molecule has 1 N–H and O–H groups in total. The number of carbonyl (C=O) groups excluding carboxylic acids is 1. The van der Waals surface area contributed by atoms with Gasteiger partial charge < -0.3 is 19.0 Å². The molecule has 140 valence electrons. The van der Waals surface area contributed by atoms with Crippen molar-refractivity contribution >= 4 is 16.3 Å². The summed E-state index contributed by atoms with van der Waals surface area (Å²) in [7, 11) is -3.13. The van der Waals surface area contributed by atoms with E-state index >= 15 is 0 Å². The molecule has 2 amide bonds. The predicted octanol–water partition coefficient (Wildman–Crippen LogP) is 2.00. The maximum absolute atomic E-state index is 12.2. The van der Waals surface area contributed by atoms with Crippen LogP contribution in [-0.2, 0) is 20.5 Å². The first-order valence-corrected chi connectivity index (χ1v) is 9.39. The van der Waals surface area contributed by atoms with Gasteiger partial charge in [-0.25, -0.2) is 4.79 Å². The van der Waals surface area contributed by atoms with Gasteiger partial charge in [-0.15, -0.1) is 0 Å². The normalized spacial score (nSPS) is 18.2. The van der Waals surface area contributed by atoms with E-state index in [2.05, 4.69) is 5.32 Å². The van der Waals surface area contributed by atoms with Gasteiger partial charge >= 0.3 is 16.3 Å². The summed E-state index contributed by atoms with van der Waals surface area (Å²) in [6.07, 6.45) is -0.461. The minimum Gasteiger partial charge on any atom is -0.464 e. The fraction of sp³-hybridized carbons (Fsp3) is 0.562. The molecule has 2 rings (SSSR count). The summed E-state index contributed by atoms with van der Waals surface area (Å²) in [5.41, 5.74) is 0.305. The van der Waals surface area contributed by atoms with Gasteiger partial charge in [0.05, 0.1) is 5.41 Å². The smallest absolute Gasteiger partial charge is 0.413 e. The number of ether oxygens (including phenoxy) is 2. The Morgan fingerprint density at radius 1 is 1.36 bits per heavy atom. The van der Waals surface area contributed by atoms with Crippen molar-refractivity contribution in [2.45, 2.75) is 39.4 Å². The topological polar surface area (TPSA) is 94.2 Å². The molecule has 25 heavy (non-hydrogen) atoms. The number of hydrogen-bond acceptors (Lipinski definition) is 6. The van der Waals surface area contributed by atoms with Crippen LogP contribution in [0.4, 0.5) is 4.79 Å². The number of fused-ring (bicyclic) bond motifs is 1. The Labute approximate surface area is 148 Å². The fourth-order valence-corrected chi connectivity index (χ4v) is 3.22. The van der Waals surface area contributed by atoms with Crippen molar-refractivity contribution < 1.29 is 26.9 Å². The molecule has 0 aliphatic carbocycles. The molecule has 0 spiro atoms. The van der Waals surface area contributed by atoms with Crippen molar-refractivity contribution in [1.82, 2.24) is 9.62 Å². The van der Waals surface area contributed by atoms with Gasteiger partial charge in [0.25, 0.3) is 0 Å². The molecule has 0 saturated carbocycles. The Morgan fingerprint density at radius 3 is 2.64 bits per heavy atom. The third-order valence-corrected chi connectivity index (χ3v) is 5.18. The van der Waals surface area contributed by atoms with E-state index in [1.165, 1.54) is 6.07 Å². The molecule has 1 aliphatic rings. The maximum Gasteiger partial charge on any atom is 0.413 e. The first-order chi connectivity index (χ1) is 11.6. The maximum atomic E-state index is 12.2. The van der Waals surface area contributed by atoms with Gasteiger partial charge in [-0.1, -0.05) is 0 Å². The molecule has 0 saturated heterocycles. The Kier molecular flexibility index (Phi) is 5.48. The zero-order chi connectivity index (χ0) is 18.8.